The Bertz CT molecular complexity index is 626. The van der Waals surface area contributed by atoms with Crippen LogP contribution in [0.5, 0.6) is 0 Å². The van der Waals surface area contributed by atoms with Crippen molar-refractivity contribution in [2.45, 2.75) is 25.8 Å². The molecule has 0 aromatic heterocycles. The minimum absolute atomic E-state index is 0.158. The molecule has 4 amide bonds. The fourth-order valence-corrected chi connectivity index (χ4v) is 2.32. The molecule has 2 rings (SSSR count). The van der Waals surface area contributed by atoms with Gasteiger partial charge in [0, 0.05) is 32.5 Å². The fourth-order valence-electron chi connectivity index (χ4n) is 2.32. The number of carbonyl (C=O) groups is 4. The highest BCUT2D eigenvalue weighted by Gasteiger charge is 2.27. The number of urea groups is 1. The second kappa shape index (κ2) is 8.09. The molecule has 8 heteroatoms. The van der Waals surface area contributed by atoms with Gasteiger partial charge in [-0.3, -0.25) is 14.5 Å². The number of carboxylic acid groups (broad SMARTS) is 1. The van der Waals surface area contributed by atoms with E-state index in [0.29, 0.717) is 19.5 Å². The zero-order valence-electron chi connectivity index (χ0n) is 13.1. The predicted octanol–water partition coefficient (Wildman–Crippen LogP) is 0.723. The highest BCUT2D eigenvalue weighted by Crippen LogP contribution is 2.11. The zero-order valence-corrected chi connectivity index (χ0v) is 13.1. The number of hydrogen-bond acceptors (Lipinski definition) is 4. The third-order valence-electron chi connectivity index (χ3n) is 3.65. The Morgan fingerprint density at radius 3 is 2.25 bits per heavy atom. The highest BCUT2D eigenvalue weighted by atomic mass is 16.4. The Morgan fingerprint density at radius 1 is 1.04 bits per heavy atom. The van der Waals surface area contributed by atoms with Crippen molar-refractivity contribution >= 4 is 23.8 Å². The average Bonchev–Trinajstić information content (AvgIpc) is 2.88. The number of imide groups is 1. The van der Waals surface area contributed by atoms with E-state index in [1.54, 1.807) is 12.1 Å². The van der Waals surface area contributed by atoms with Crippen molar-refractivity contribution in [2.75, 3.05) is 13.1 Å². The fraction of sp³-hybridized carbons (Fsp3) is 0.375. The lowest BCUT2D eigenvalue weighted by molar-refractivity contribution is -0.138. The molecule has 0 bridgehead atoms. The summed E-state index contributed by atoms with van der Waals surface area (Å²) in [6.45, 7) is 0.935. The second-order valence-corrected chi connectivity index (χ2v) is 5.40. The molecule has 1 aliphatic heterocycles. The summed E-state index contributed by atoms with van der Waals surface area (Å²) in [5.74, 6) is -1.31. The summed E-state index contributed by atoms with van der Waals surface area (Å²) >= 11 is 0. The molecule has 1 aromatic rings. The maximum atomic E-state index is 11.7. The topological polar surface area (TPSA) is 116 Å². The van der Waals surface area contributed by atoms with Gasteiger partial charge in [0.1, 0.15) is 0 Å². The van der Waals surface area contributed by atoms with E-state index < -0.39 is 5.97 Å². The molecule has 128 valence electrons. The molecule has 1 aromatic carbocycles. The van der Waals surface area contributed by atoms with Gasteiger partial charge in [0.05, 0.1) is 5.56 Å². The second-order valence-electron chi connectivity index (χ2n) is 5.40. The van der Waals surface area contributed by atoms with Crippen molar-refractivity contribution in [2.24, 2.45) is 0 Å². The van der Waals surface area contributed by atoms with Crippen molar-refractivity contribution in [1.29, 1.82) is 0 Å². The van der Waals surface area contributed by atoms with Crippen LogP contribution in [0.2, 0.25) is 0 Å². The number of nitrogens with one attached hydrogen (secondary N) is 2. The maximum absolute atomic E-state index is 11.7. The molecule has 0 atom stereocenters. The predicted molar refractivity (Wildman–Crippen MR) is 84.2 cm³/mol. The van der Waals surface area contributed by atoms with E-state index in [1.165, 1.54) is 17.0 Å². The van der Waals surface area contributed by atoms with Gasteiger partial charge in [-0.2, -0.15) is 0 Å². The van der Waals surface area contributed by atoms with Crippen molar-refractivity contribution in [3.63, 3.8) is 0 Å². The molecule has 1 heterocycles. The van der Waals surface area contributed by atoms with Gasteiger partial charge >= 0.3 is 12.0 Å². The summed E-state index contributed by atoms with van der Waals surface area (Å²) in [5.41, 5.74) is 0.970. The maximum Gasteiger partial charge on any atom is 0.335 e. The SMILES string of the molecule is O=C(NCCCN1C(=O)CCC1=O)NCc1ccc(C(=O)O)cc1. The molecule has 3 N–H and O–H groups in total. The monoisotopic (exact) mass is 333 g/mol. The molecule has 8 nitrogen and oxygen atoms in total. The Kier molecular flexibility index (Phi) is 5.89. The van der Waals surface area contributed by atoms with E-state index in [-0.39, 0.29) is 42.8 Å². The number of likely N-dealkylation sites (tertiary alicyclic amines) is 1. The molecule has 0 unspecified atom stereocenters. The Labute approximate surface area is 138 Å². The van der Waals surface area contributed by atoms with Gasteiger partial charge in [-0.15, -0.1) is 0 Å². The lowest BCUT2D eigenvalue weighted by Crippen LogP contribution is -2.37. The number of benzene rings is 1. The summed E-state index contributed by atoms with van der Waals surface area (Å²) in [6, 6.07) is 5.85. The van der Waals surface area contributed by atoms with E-state index in [9.17, 15) is 19.2 Å². The summed E-state index contributed by atoms with van der Waals surface area (Å²) < 4.78 is 0. The van der Waals surface area contributed by atoms with Gasteiger partial charge in [0.2, 0.25) is 11.8 Å². The number of nitrogens with zero attached hydrogens (tertiary/aromatic N) is 1. The third-order valence-corrected chi connectivity index (χ3v) is 3.65. The highest BCUT2D eigenvalue weighted by molar-refractivity contribution is 6.01. The number of amides is 4. The summed E-state index contributed by atoms with van der Waals surface area (Å²) in [5, 5.41) is 14.1. The van der Waals surface area contributed by atoms with Crippen LogP contribution in [0.15, 0.2) is 24.3 Å². The first-order valence-corrected chi connectivity index (χ1v) is 7.64. The van der Waals surface area contributed by atoms with E-state index in [0.717, 1.165) is 5.56 Å². The first-order chi connectivity index (χ1) is 11.5. The summed E-state index contributed by atoms with van der Waals surface area (Å²) in [7, 11) is 0. The largest absolute Gasteiger partial charge is 0.478 e. The number of carboxylic acids is 1. The van der Waals surface area contributed by atoms with Crippen LogP contribution in [0, 0.1) is 0 Å². The van der Waals surface area contributed by atoms with Crippen LogP contribution in [-0.2, 0) is 16.1 Å². The van der Waals surface area contributed by atoms with Crippen LogP contribution < -0.4 is 10.6 Å². The number of hydrogen-bond donors (Lipinski definition) is 3. The van der Waals surface area contributed by atoms with Crippen LogP contribution in [0.3, 0.4) is 0 Å². The van der Waals surface area contributed by atoms with Crippen LogP contribution in [0.4, 0.5) is 4.79 Å². The molecule has 1 aliphatic rings. The summed E-state index contributed by atoms with van der Waals surface area (Å²) in [6.07, 6.45) is 1.04. The Balaban J connectivity index is 1.64. The smallest absolute Gasteiger partial charge is 0.335 e. The lowest BCUT2D eigenvalue weighted by Gasteiger charge is -2.13. The molecular weight excluding hydrogens is 314 g/mol. The van der Waals surface area contributed by atoms with E-state index in [2.05, 4.69) is 10.6 Å². The zero-order chi connectivity index (χ0) is 17.5. The molecule has 0 radical (unpaired) electrons. The minimum Gasteiger partial charge on any atom is -0.478 e. The Hall–Kier alpha value is -2.90. The van der Waals surface area contributed by atoms with E-state index in [1.807, 2.05) is 0 Å². The lowest BCUT2D eigenvalue weighted by atomic mass is 10.1. The molecule has 0 aliphatic carbocycles. The first-order valence-electron chi connectivity index (χ1n) is 7.64. The molecule has 0 saturated carbocycles. The van der Waals surface area contributed by atoms with Gasteiger partial charge in [0.25, 0.3) is 0 Å². The molecule has 24 heavy (non-hydrogen) atoms. The number of carbonyl (C=O) groups excluding carboxylic acids is 3. The normalized spacial score (nSPS) is 13.9. The number of aromatic carboxylic acids is 1. The van der Waals surface area contributed by atoms with E-state index >= 15 is 0 Å². The third kappa shape index (κ3) is 4.80. The molecular formula is C16H19N3O5. The number of rotatable bonds is 7. The van der Waals surface area contributed by atoms with Gasteiger partial charge in [-0.25, -0.2) is 9.59 Å². The molecule has 1 saturated heterocycles. The van der Waals surface area contributed by atoms with E-state index in [4.69, 9.17) is 5.11 Å². The van der Waals surface area contributed by atoms with Crippen molar-refractivity contribution in [3.8, 4) is 0 Å². The molecule has 1 fully saturated rings. The van der Waals surface area contributed by atoms with Gasteiger partial charge < -0.3 is 15.7 Å². The van der Waals surface area contributed by atoms with Gasteiger partial charge in [-0.1, -0.05) is 12.1 Å². The van der Waals surface area contributed by atoms with Crippen LogP contribution in [0.1, 0.15) is 35.2 Å². The van der Waals surface area contributed by atoms with Crippen molar-refractivity contribution in [3.05, 3.63) is 35.4 Å². The van der Waals surface area contributed by atoms with Crippen molar-refractivity contribution < 1.29 is 24.3 Å². The van der Waals surface area contributed by atoms with Crippen molar-refractivity contribution in [1.82, 2.24) is 15.5 Å². The molecule has 0 spiro atoms. The standard InChI is InChI=1S/C16H19N3O5/c20-13-6-7-14(21)19(13)9-1-8-17-16(24)18-10-11-2-4-12(5-3-11)15(22)23/h2-5H,1,6-10H2,(H,22,23)(H2,17,18,24). The van der Waals surface area contributed by atoms with Gasteiger partial charge in [-0.05, 0) is 24.1 Å². The summed E-state index contributed by atoms with van der Waals surface area (Å²) in [4.78, 5) is 46.4. The quantitative estimate of drug-likeness (QED) is 0.502. The minimum atomic E-state index is -0.998. The van der Waals surface area contributed by atoms with Gasteiger partial charge in [0.15, 0.2) is 0 Å². The van der Waals surface area contributed by atoms with Crippen LogP contribution in [0.25, 0.3) is 0 Å². The Morgan fingerprint density at radius 2 is 1.67 bits per heavy atom. The average molecular weight is 333 g/mol. The van der Waals surface area contributed by atoms with Crippen LogP contribution >= 0.6 is 0 Å². The van der Waals surface area contributed by atoms with Crippen LogP contribution in [-0.4, -0.2) is 46.9 Å². The first kappa shape index (κ1) is 17.5.